The number of esters is 1. The van der Waals surface area contributed by atoms with E-state index in [1.807, 2.05) is 30.3 Å². The number of carbonyl (C=O) groups is 1. The highest BCUT2D eigenvalue weighted by atomic mass is 19.1. The molecule has 0 saturated carbocycles. The van der Waals surface area contributed by atoms with Gasteiger partial charge in [-0.1, -0.05) is 41.6 Å². The smallest absolute Gasteiger partial charge is 0.311 e. The number of hydrogen-bond donors (Lipinski definition) is 0. The van der Waals surface area contributed by atoms with Gasteiger partial charge in [-0.05, 0) is 24.6 Å². The topological polar surface area (TPSA) is 74.5 Å². The first-order valence-corrected chi connectivity index (χ1v) is 7.97. The van der Waals surface area contributed by atoms with Gasteiger partial charge in [0.25, 0.3) is 5.89 Å². The molecule has 0 unspecified atom stereocenters. The van der Waals surface area contributed by atoms with E-state index < -0.39 is 17.9 Å². The molecule has 2 aromatic carbocycles. The molecule has 0 fully saturated rings. The molecule has 0 aliphatic rings. The summed E-state index contributed by atoms with van der Waals surface area (Å²) in [6.45, 7) is 1.63. The Bertz CT molecular complexity index is 896. The Balaban J connectivity index is 1.63. The van der Waals surface area contributed by atoms with E-state index in [0.29, 0.717) is 11.4 Å². The molecule has 7 heteroatoms. The van der Waals surface area contributed by atoms with Gasteiger partial charge >= 0.3 is 5.97 Å². The Kier molecular flexibility index (Phi) is 5.26. The minimum absolute atomic E-state index is 0.0784. The number of nitrogens with zero attached hydrogens (tertiary/aromatic N) is 2. The molecule has 0 radical (unpaired) electrons. The number of methoxy groups -OCH3 is 1. The summed E-state index contributed by atoms with van der Waals surface area (Å²) in [7, 11) is 1.38. The maximum atomic E-state index is 13.7. The molecule has 1 heterocycles. The van der Waals surface area contributed by atoms with Gasteiger partial charge in [-0.2, -0.15) is 4.98 Å². The van der Waals surface area contributed by atoms with E-state index in [4.69, 9.17) is 14.0 Å². The average Bonchev–Trinajstić information content (AvgIpc) is 3.13. The van der Waals surface area contributed by atoms with Crippen LogP contribution in [-0.4, -0.2) is 23.2 Å². The van der Waals surface area contributed by atoms with Gasteiger partial charge in [0.15, 0.2) is 17.7 Å². The van der Waals surface area contributed by atoms with Crippen molar-refractivity contribution in [3.63, 3.8) is 0 Å². The zero-order valence-electron chi connectivity index (χ0n) is 14.3. The Morgan fingerprint density at radius 2 is 2.00 bits per heavy atom. The molecule has 0 aliphatic heterocycles. The standard InChI is InChI=1S/C19H17FN2O4/c1-12(19-21-18(22-26-19)14-6-4-3-5-7-14)25-17(23)11-13-8-9-16(24-2)15(20)10-13/h3-10,12H,11H2,1-2H3/t12-/m1/s1. The number of benzene rings is 2. The van der Waals surface area contributed by atoms with Crippen molar-refractivity contribution in [3.05, 3.63) is 65.8 Å². The van der Waals surface area contributed by atoms with Crippen molar-refractivity contribution in [2.24, 2.45) is 0 Å². The van der Waals surface area contributed by atoms with Gasteiger partial charge in [0.05, 0.1) is 13.5 Å². The van der Waals surface area contributed by atoms with Crippen molar-refractivity contribution in [2.45, 2.75) is 19.4 Å². The molecule has 0 N–H and O–H groups in total. The van der Waals surface area contributed by atoms with E-state index in [1.54, 1.807) is 13.0 Å². The molecule has 0 spiro atoms. The lowest BCUT2D eigenvalue weighted by Crippen LogP contribution is -2.12. The van der Waals surface area contributed by atoms with Crippen LogP contribution in [0.5, 0.6) is 5.75 Å². The Morgan fingerprint density at radius 1 is 1.23 bits per heavy atom. The first-order valence-electron chi connectivity index (χ1n) is 7.97. The molecular weight excluding hydrogens is 339 g/mol. The van der Waals surface area contributed by atoms with Crippen LogP contribution in [0, 0.1) is 5.82 Å². The van der Waals surface area contributed by atoms with Crippen LogP contribution < -0.4 is 4.74 Å². The molecule has 3 rings (SSSR count). The SMILES string of the molecule is COc1ccc(CC(=O)O[C@H](C)c2nc(-c3ccccc3)no2)cc1F. The summed E-state index contributed by atoms with van der Waals surface area (Å²) in [5, 5.41) is 3.89. The molecule has 0 bridgehead atoms. The fourth-order valence-corrected chi connectivity index (χ4v) is 2.38. The van der Waals surface area contributed by atoms with Crippen LogP contribution in [0.2, 0.25) is 0 Å². The number of hydrogen-bond acceptors (Lipinski definition) is 6. The number of rotatable bonds is 6. The third-order valence-electron chi connectivity index (χ3n) is 3.69. The van der Waals surface area contributed by atoms with Crippen molar-refractivity contribution < 1.29 is 23.2 Å². The summed E-state index contributed by atoms with van der Waals surface area (Å²) in [5.74, 6) is -0.328. The van der Waals surface area contributed by atoms with Gasteiger partial charge in [-0.3, -0.25) is 4.79 Å². The van der Waals surface area contributed by atoms with Gasteiger partial charge in [0.2, 0.25) is 5.82 Å². The largest absolute Gasteiger partial charge is 0.494 e. The second-order valence-corrected chi connectivity index (χ2v) is 5.60. The van der Waals surface area contributed by atoms with Gasteiger partial charge in [0.1, 0.15) is 0 Å². The molecule has 26 heavy (non-hydrogen) atoms. The van der Waals surface area contributed by atoms with Gasteiger partial charge in [0, 0.05) is 5.56 Å². The lowest BCUT2D eigenvalue weighted by atomic mass is 10.1. The van der Waals surface area contributed by atoms with Crippen LogP contribution in [0.4, 0.5) is 4.39 Å². The highest BCUT2D eigenvalue weighted by molar-refractivity contribution is 5.72. The molecule has 3 aromatic rings. The van der Waals surface area contributed by atoms with Gasteiger partial charge in [-0.15, -0.1) is 0 Å². The summed E-state index contributed by atoms with van der Waals surface area (Å²) in [6.07, 6.45) is -0.791. The van der Waals surface area contributed by atoms with Crippen molar-refractivity contribution >= 4 is 5.97 Å². The van der Waals surface area contributed by atoms with E-state index in [0.717, 1.165) is 5.56 Å². The number of halogens is 1. The predicted octanol–water partition coefficient (Wildman–Crippen LogP) is 3.73. The van der Waals surface area contributed by atoms with Crippen LogP contribution in [0.25, 0.3) is 11.4 Å². The fourth-order valence-electron chi connectivity index (χ4n) is 2.38. The normalized spacial score (nSPS) is 11.8. The molecular formula is C19H17FN2O4. The highest BCUT2D eigenvalue weighted by Crippen LogP contribution is 2.22. The van der Waals surface area contributed by atoms with Gasteiger partial charge in [-0.25, -0.2) is 4.39 Å². The highest BCUT2D eigenvalue weighted by Gasteiger charge is 2.19. The van der Waals surface area contributed by atoms with Crippen LogP contribution in [0.3, 0.4) is 0 Å². The molecule has 1 atom stereocenters. The molecule has 0 amide bonds. The maximum Gasteiger partial charge on any atom is 0.311 e. The zero-order valence-corrected chi connectivity index (χ0v) is 14.3. The van der Waals surface area contributed by atoms with Crippen molar-refractivity contribution in [2.75, 3.05) is 7.11 Å². The molecule has 6 nitrogen and oxygen atoms in total. The number of carbonyl (C=O) groups excluding carboxylic acids is 1. The molecule has 1 aromatic heterocycles. The Morgan fingerprint density at radius 3 is 2.69 bits per heavy atom. The van der Waals surface area contributed by atoms with Crippen LogP contribution in [0.15, 0.2) is 53.1 Å². The minimum atomic E-state index is -0.712. The van der Waals surface area contributed by atoms with E-state index in [1.165, 1.54) is 19.2 Å². The summed E-state index contributed by atoms with van der Waals surface area (Å²) in [5.41, 5.74) is 1.28. The lowest BCUT2D eigenvalue weighted by Gasteiger charge is -2.09. The zero-order chi connectivity index (χ0) is 18.5. The quantitative estimate of drug-likeness (QED) is 0.627. The van der Waals surface area contributed by atoms with E-state index in [9.17, 15) is 9.18 Å². The summed E-state index contributed by atoms with van der Waals surface area (Å²) < 4.78 is 29.0. The monoisotopic (exact) mass is 356 g/mol. The third-order valence-corrected chi connectivity index (χ3v) is 3.69. The van der Waals surface area contributed by atoms with E-state index in [2.05, 4.69) is 10.1 Å². The second-order valence-electron chi connectivity index (χ2n) is 5.60. The van der Waals surface area contributed by atoms with Crippen molar-refractivity contribution in [3.8, 4) is 17.1 Å². The Labute approximate surface area is 149 Å². The van der Waals surface area contributed by atoms with Crippen LogP contribution in [-0.2, 0) is 16.0 Å². The summed E-state index contributed by atoms with van der Waals surface area (Å²) >= 11 is 0. The van der Waals surface area contributed by atoms with Crippen LogP contribution in [0.1, 0.15) is 24.5 Å². The predicted molar refractivity (Wildman–Crippen MR) is 90.9 cm³/mol. The fraction of sp³-hybridized carbons (Fsp3) is 0.211. The summed E-state index contributed by atoms with van der Waals surface area (Å²) in [4.78, 5) is 16.3. The molecule has 134 valence electrons. The Hall–Kier alpha value is -3.22. The number of ether oxygens (including phenoxy) is 2. The lowest BCUT2D eigenvalue weighted by molar-refractivity contribution is -0.148. The average molecular weight is 356 g/mol. The van der Waals surface area contributed by atoms with E-state index in [-0.39, 0.29) is 18.1 Å². The van der Waals surface area contributed by atoms with Gasteiger partial charge < -0.3 is 14.0 Å². The number of aromatic nitrogens is 2. The molecule has 0 aliphatic carbocycles. The minimum Gasteiger partial charge on any atom is -0.494 e. The second kappa shape index (κ2) is 7.77. The molecule has 0 saturated heterocycles. The maximum absolute atomic E-state index is 13.7. The van der Waals surface area contributed by atoms with Crippen molar-refractivity contribution in [1.82, 2.24) is 10.1 Å². The first kappa shape index (κ1) is 17.6. The van der Waals surface area contributed by atoms with E-state index >= 15 is 0 Å². The summed E-state index contributed by atoms with van der Waals surface area (Å²) in [6, 6.07) is 13.6. The van der Waals surface area contributed by atoms with Crippen molar-refractivity contribution in [1.29, 1.82) is 0 Å². The first-order chi connectivity index (χ1) is 12.6. The third kappa shape index (κ3) is 4.05. The van der Waals surface area contributed by atoms with Crippen LogP contribution >= 0.6 is 0 Å².